The predicted octanol–water partition coefficient (Wildman–Crippen LogP) is 3.14. The van der Waals surface area contributed by atoms with Crippen LogP contribution in [0.25, 0.3) is 0 Å². The highest BCUT2D eigenvalue weighted by Crippen LogP contribution is 2.37. The van der Waals surface area contributed by atoms with Crippen LogP contribution in [0, 0.1) is 11.8 Å². The number of halogens is 4. The fourth-order valence-corrected chi connectivity index (χ4v) is 4.27. The molecule has 1 aliphatic heterocycles. The first-order valence-electron chi connectivity index (χ1n) is 6.93. The van der Waals surface area contributed by atoms with Gasteiger partial charge in [-0.05, 0) is 24.7 Å². The van der Waals surface area contributed by atoms with Gasteiger partial charge in [-0.2, -0.15) is 13.2 Å². The molecule has 0 aromatic carbocycles. The molecule has 1 aliphatic carbocycles. The number of aromatic nitrogens is 1. The van der Waals surface area contributed by atoms with Gasteiger partial charge in [0.25, 0.3) is 0 Å². The molecule has 2 fully saturated rings. The van der Waals surface area contributed by atoms with E-state index in [1.165, 1.54) is 12.8 Å². The number of alkyl halides is 3. The van der Waals surface area contributed by atoms with Crippen LogP contribution in [0.3, 0.4) is 0 Å². The summed E-state index contributed by atoms with van der Waals surface area (Å²) in [7, 11) is 0. The van der Waals surface area contributed by atoms with Gasteiger partial charge in [-0.15, -0.1) is 23.7 Å². The Bertz CT molecular complexity index is 479. The number of hydrogen-bond donors (Lipinski definition) is 1. The maximum atomic E-state index is 12.5. The maximum absolute atomic E-state index is 12.5. The Balaban J connectivity index is 0.00000161. The fourth-order valence-electron chi connectivity index (χ4n) is 3.44. The number of likely N-dealkylation sites (tertiary alicyclic amines) is 1. The summed E-state index contributed by atoms with van der Waals surface area (Å²) in [5.74, 6) is 1.12. The lowest BCUT2D eigenvalue weighted by Gasteiger charge is -2.29. The smallest absolute Gasteiger partial charge is 0.327 e. The van der Waals surface area contributed by atoms with E-state index in [-0.39, 0.29) is 18.4 Å². The quantitative estimate of drug-likeness (QED) is 0.898. The largest absolute Gasteiger partial charge is 0.427 e. The monoisotopic (exact) mass is 341 g/mol. The molecule has 3 atom stereocenters. The van der Waals surface area contributed by atoms with Gasteiger partial charge in [-0.3, -0.25) is 4.90 Å². The third-order valence-corrected chi connectivity index (χ3v) is 5.45. The van der Waals surface area contributed by atoms with Crippen LogP contribution in [0.5, 0.6) is 0 Å². The van der Waals surface area contributed by atoms with Crippen molar-refractivity contribution in [1.29, 1.82) is 0 Å². The van der Waals surface area contributed by atoms with Gasteiger partial charge >= 0.3 is 6.18 Å². The summed E-state index contributed by atoms with van der Waals surface area (Å²) >= 11 is 0.752. The minimum atomic E-state index is -4.28. The van der Waals surface area contributed by atoms with E-state index in [0.29, 0.717) is 23.4 Å². The van der Waals surface area contributed by atoms with E-state index in [9.17, 15) is 13.2 Å². The molecule has 0 spiro atoms. The molecule has 2 N–H and O–H groups in total. The van der Waals surface area contributed by atoms with Crippen molar-refractivity contribution in [2.45, 2.75) is 38.0 Å². The van der Waals surface area contributed by atoms with Crippen molar-refractivity contribution < 1.29 is 13.2 Å². The third kappa shape index (κ3) is 3.70. The summed E-state index contributed by atoms with van der Waals surface area (Å²) in [6.07, 6.45) is 0.1000. The molecule has 1 saturated heterocycles. The first kappa shape index (κ1) is 17.0. The van der Waals surface area contributed by atoms with Crippen molar-refractivity contribution in [1.82, 2.24) is 9.88 Å². The molecule has 2 heterocycles. The van der Waals surface area contributed by atoms with Gasteiger partial charge in [0, 0.05) is 19.1 Å². The van der Waals surface area contributed by atoms with Crippen LogP contribution < -0.4 is 5.73 Å². The summed E-state index contributed by atoms with van der Waals surface area (Å²) in [5.41, 5.74) is 6.15. The number of hydrogen-bond acceptors (Lipinski definition) is 4. The van der Waals surface area contributed by atoms with Gasteiger partial charge in [-0.1, -0.05) is 6.42 Å². The minimum absolute atomic E-state index is 0. The molecule has 0 amide bonds. The van der Waals surface area contributed by atoms with E-state index < -0.39 is 11.1 Å². The van der Waals surface area contributed by atoms with Gasteiger partial charge in [0.1, 0.15) is 9.88 Å². The molecule has 3 nitrogen and oxygen atoms in total. The molecule has 3 rings (SSSR count). The zero-order valence-electron chi connectivity index (χ0n) is 11.5. The summed E-state index contributed by atoms with van der Waals surface area (Å²) < 4.78 is 37.6. The van der Waals surface area contributed by atoms with Gasteiger partial charge in [-0.25, -0.2) is 4.98 Å². The van der Waals surface area contributed by atoms with Gasteiger partial charge < -0.3 is 5.73 Å². The molecule has 1 saturated carbocycles. The number of fused-ring (bicyclic) bond motifs is 1. The van der Waals surface area contributed by atoms with Crippen LogP contribution in [0.4, 0.5) is 13.2 Å². The van der Waals surface area contributed by atoms with Crippen molar-refractivity contribution in [2.75, 3.05) is 13.1 Å². The van der Waals surface area contributed by atoms with E-state index >= 15 is 0 Å². The molecule has 0 radical (unpaired) electrons. The number of thiazole rings is 1. The number of nitrogens with zero attached hydrogens (tertiary/aromatic N) is 2. The lowest BCUT2D eigenvalue weighted by atomic mass is 9.78. The molecule has 1 aromatic rings. The van der Waals surface area contributed by atoms with Crippen molar-refractivity contribution in [3.63, 3.8) is 0 Å². The minimum Gasteiger partial charge on any atom is -0.327 e. The summed E-state index contributed by atoms with van der Waals surface area (Å²) in [5, 5.41) is 0.546. The zero-order chi connectivity index (χ0) is 14.3. The average Bonchev–Trinajstić information content (AvgIpc) is 2.96. The third-order valence-electron chi connectivity index (χ3n) is 4.42. The van der Waals surface area contributed by atoms with E-state index in [2.05, 4.69) is 9.88 Å². The van der Waals surface area contributed by atoms with Crippen molar-refractivity contribution >= 4 is 23.7 Å². The zero-order valence-corrected chi connectivity index (χ0v) is 13.1. The van der Waals surface area contributed by atoms with Crippen molar-refractivity contribution in [3.05, 3.63) is 16.1 Å². The van der Waals surface area contributed by atoms with Crippen LogP contribution in [-0.2, 0) is 12.7 Å². The standard InChI is InChI=1S/C13H18F3N3S.ClH/c14-13(15,16)11-4-18-12(20-11)7-19-5-8-2-1-3-10(17)9(8)6-19;/h4,8-10H,1-3,5-7,17H2;1H. The topological polar surface area (TPSA) is 42.1 Å². The average molecular weight is 342 g/mol. The predicted molar refractivity (Wildman–Crippen MR) is 78.4 cm³/mol. The SMILES string of the molecule is Cl.NC1CCCC2CN(Cc3ncc(C(F)(F)F)s3)CC12. The second-order valence-corrected chi connectivity index (χ2v) is 6.94. The summed E-state index contributed by atoms with van der Waals surface area (Å²) in [6, 6.07) is 0.251. The summed E-state index contributed by atoms with van der Waals surface area (Å²) in [6.45, 7) is 2.35. The van der Waals surface area contributed by atoms with E-state index in [0.717, 1.165) is 37.0 Å². The van der Waals surface area contributed by atoms with Crippen molar-refractivity contribution in [2.24, 2.45) is 17.6 Å². The Hall–Kier alpha value is -0.370. The van der Waals surface area contributed by atoms with Crippen molar-refractivity contribution in [3.8, 4) is 0 Å². The van der Waals surface area contributed by atoms with E-state index in [4.69, 9.17) is 5.73 Å². The summed E-state index contributed by atoms with van der Waals surface area (Å²) in [4.78, 5) is 5.51. The maximum Gasteiger partial charge on any atom is 0.427 e. The Morgan fingerprint density at radius 1 is 1.33 bits per heavy atom. The number of nitrogens with two attached hydrogens (primary N) is 1. The lowest BCUT2D eigenvalue weighted by molar-refractivity contribution is -0.134. The molecule has 21 heavy (non-hydrogen) atoms. The second kappa shape index (κ2) is 6.40. The molecule has 3 unspecified atom stereocenters. The lowest BCUT2D eigenvalue weighted by Crippen LogP contribution is -2.38. The number of rotatable bonds is 2. The van der Waals surface area contributed by atoms with Gasteiger partial charge in [0.2, 0.25) is 0 Å². The molecule has 2 aliphatic rings. The van der Waals surface area contributed by atoms with Crippen LogP contribution >= 0.6 is 23.7 Å². The van der Waals surface area contributed by atoms with Gasteiger partial charge in [0.05, 0.1) is 12.7 Å². The van der Waals surface area contributed by atoms with Crippen LogP contribution in [0.15, 0.2) is 6.20 Å². The molecule has 0 bridgehead atoms. The molecule has 120 valence electrons. The van der Waals surface area contributed by atoms with Crippen LogP contribution in [0.1, 0.15) is 29.1 Å². The Kier molecular flexibility index (Phi) is 5.18. The Morgan fingerprint density at radius 3 is 2.71 bits per heavy atom. The second-order valence-electron chi connectivity index (χ2n) is 5.83. The Labute approximate surface area is 132 Å². The molecule has 1 aromatic heterocycles. The van der Waals surface area contributed by atoms with Crippen LogP contribution in [-0.4, -0.2) is 29.0 Å². The first-order valence-corrected chi connectivity index (χ1v) is 7.75. The first-order chi connectivity index (χ1) is 9.43. The molecular weight excluding hydrogens is 323 g/mol. The Morgan fingerprint density at radius 2 is 2.10 bits per heavy atom. The van der Waals surface area contributed by atoms with E-state index in [1.807, 2.05) is 0 Å². The highest BCUT2D eigenvalue weighted by molar-refractivity contribution is 7.11. The molecule has 8 heteroatoms. The highest BCUT2D eigenvalue weighted by atomic mass is 35.5. The normalized spacial score (nSPS) is 30.0. The van der Waals surface area contributed by atoms with E-state index in [1.54, 1.807) is 0 Å². The van der Waals surface area contributed by atoms with Crippen LogP contribution in [0.2, 0.25) is 0 Å². The highest BCUT2D eigenvalue weighted by Gasteiger charge is 2.39. The fraction of sp³-hybridized carbons (Fsp3) is 0.769. The van der Waals surface area contributed by atoms with Gasteiger partial charge in [0.15, 0.2) is 0 Å². The molecular formula is C13H19ClF3N3S.